The molecule has 5 rings (SSSR count). The van der Waals surface area contributed by atoms with E-state index in [1.807, 2.05) is 31.3 Å². The van der Waals surface area contributed by atoms with Crippen LogP contribution in [-0.2, 0) is 25.7 Å². The van der Waals surface area contributed by atoms with Crippen molar-refractivity contribution in [3.8, 4) is 11.4 Å². The molecule has 0 radical (unpaired) electrons. The summed E-state index contributed by atoms with van der Waals surface area (Å²) in [6.07, 6.45) is 1.33. The van der Waals surface area contributed by atoms with E-state index in [0.717, 1.165) is 16.2 Å². The number of piperidine rings is 1. The average molecular weight is 450 g/mol. The second-order valence-corrected chi connectivity index (χ2v) is 8.14. The highest BCUT2D eigenvalue weighted by atomic mass is 16.5. The number of carbonyl (C=O) groups excluding carboxylic acids is 4. The molecular weight excluding hydrogens is 428 g/mol. The van der Waals surface area contributed by atoms with E-state index < -0.39 is 29.7 Å². The van der Waals surface area contributed by atoms with E-state index in [4.69, 9.17) is 4.52 Å². The molecular formula is C22H22N6O5. The molecule has 0 bridgehead atoms. The minimum Gasteiger partial charge on any atom is -0.388 e. The fraction of sp³-hybridized carbons (Fsp3) is 0.364. The standard InChI is InChI=1S/C22H22N6O5/c1-23-13-5-2-4-12(10-13)19-25-17(33-26-19)11-27-9-3-6-14-18(27)22(32)28(21(14)31)15-7-8-16(29)24-20(15)30/h2,4-5,10,15,23H,3,6-9,11H2,1H3,(H,24,29,30). The number of carbonyl (C=O) groups is 4. The van der Waals surface area contributed by atoms with Gasteiger partial charge in [-0.25, -0.2) is 0 Å². The fourth-order valence-corrected chi connectivity index (χ4v) is 4.48. The molecule has 11 nitrogen and oxygen atoms in total. The Morgan fingerprint density at radius 1 is 1.18 bits per heavy atom. The van der Waals surface area contributed by atoms with Gasteiger partial charge < -0.3 is 14.7 Å². The van der Waals surface area contributed by atoms with Gasteiger partial charge in [-0.3, -0.25) is 29.4 Å². The number of amides is 4. The van der Waals surface area contributed by atoms with Crippen molar-refractivity contribution < 1.29 is 23.7 Å². The monoisotopic (exact) mass is 450 g/mol. The molecule has 1 fully saturated rings. The first-order chi connectivity index (χ1) is 16.0. The number of anilines is 1. The molecule has 170 valence electrons. The summed E-state index contributed by atoms with van der Waals surface area (Å²) < 4.78 is 5.42. The molecule has 1 aromatic carbocycles. The zero-order valence-electron chi connectivity index (χ0n) is 18.0. The van der Waals surface area contributed by atoms with E-state index in [-0.39, 0.29) is 25.1 Å². The molecule has 0 spiro atoms. The second kappa shape index (κ2) is 8.15. The van der Waals surface area contributed by atoms with Crippen LogP contribution in [0.3, 0.4) is 0 Å². The Hall–Kier alpha value is -4.02. The normalized spacial score (nSPS) is 20.9. The van der Waals surface area contributed by atoms with E-state index >= 15 is 0 Å². The molecule has 4 heterocycles. The van der Waals surface area contributed by atoms with Crippen LogP contribution in [0.4, 0.5) is 5.69 Å². The Balaban J connectivity index is 1.37. The summed E-state index contributed by atoms with van der Waals surface area (Å²) in [5, 5.41) is 9.32. The maximum Gasteiger partial charge on any atom is 0.278 e. The SMILES string of the molecule is CNc1cccc(-c2noc(CN3CCCC4=C3C(=O)N(C3CCC(=O)NC3=O)C4=O)n2)c1. The number of rotatable bonds is 5. The first kappa shape index (κ1) is 20.9. The number of aromatic nitrogens is 2. The molecule has 3 aliphatic rings. The van der Waals surface area contributed by atoms with Gasteiger partial charge in [-0.2, -0.15) is 4.98 Å². The van der Waals surface area contributed by atoms with Crippen molar-refractivity contribution >= 4 is 29.3 Å². The second-order valence-electron chi connectivity index (χ2n) is 8.14. The summed E-state index contributed by atoms with van der Waals surface area (Å²) in [7, 11) is 1.82. The number of hydrogen-bond donors (Lipinski definition) is 2. The number of nitrogens with zero attached hydrogens (tertiary/aromatic N) is 4. The lowest BCUT2D eigenvalue weighted by atomic mass is 10.0. The van der Waals surface area contributed by atoms with Gasteiger partial charge in [0.2, 0.25) is 23.5 Å². The van der Waals surface area contributed by atoms with E-state index in [9.17, 15) is 19.2 Å². The fourth-order valence-electron chi connectivity index (χ4n) is 4.48. The van der Waals surface area contributed by atoms with Crippen molar-refractivity contribution in [3.63, 3.8) is 0 Å². The lowest BCUT2D eigenvalue weighted by Gasteiger charge is -2.29. The summed E-state index contributed by atoms with van der Waals surface area (Å²) in [6, 6.07) is 6.58. The largest absolute Gasteiger partial charge is 0.388 e. The van der Waals surface area contributed by atoms with Gasteiger partial charge in [-0.15, -0.1) is 0 Å². The Morgan fingerprint density at radius 2 is 2.03 bits per heavy atom. The van der Waals surface area contributed by atoms with Crippen LogP contribution in [0.1, 0.15) is 31.6 Å². The van der Waals surface area contributed by atoms with Crippen LogP contribution in [0.15, 0.2) is 40.1 Å². The number of hydrogen-bond acceptors (Lipinski definition) is 9. The van der Waals surface area contributed by atoms with Gasteiger partial charge in [-0.1, -0.05) is 17.3 Å². The molecule has 4 amide bonds. The molecule has 1 atom stereocenters. The number of imide groups is 2. The van der Waals surface area contributed by atoms with Crippen LogP contribution in [-0.4, -0.2) is 63.2 Å². The maximum absolute atomic E-state index is 13.2. The van der Waals surface area contributed by atoms with Crippen molar-refractivity contribution in [2.45, 2.75) is 38.3 Å². The van der Waals surface area contributed by atoms with Crippen molar-refractivity contribution in [1.82, 2.24) is 25.3 Å². The van der Waals surface area contributed by atoms with Crippen LogP contribution in [0.5, 0.6) is 0 Å². The minimum absolute atomic E-state index is 0.0847. The molecule has 11 heteroatoms. The Morgan fingerprint density at radius 3 is 2.82 bits per heavy atom. The van der Waals surface area contributed by atoms with Gasteiger partial charge in [-0.05, 0) is 31.4 Å². The first-order valence-electron chi connectivity index (χ1n) is 10.8. The van der Waals surface area contributed by atoms with Crippen LogP contribution >= 0.6 is 0 Å². The van der Waals surface area contributed by atoms with Crippen molar-refractivity contribution in [2.75, 3.05) is 18.9 Å². The number of benzene rings is 1. The van der Waals surface area contributed by atoms with Crippen LogP contribution in [0.25, 0.3) is 11.4 Å². The topological polar surface area (TPSA) is 138 Å². The molecule has 2 aromatic rings. The maximum atomic E-state index is 13.2. The van der Waals surface area contributed by atoms with Crippen molar-refractivity contribution in [2.24, 2.45) is 0 Å². The molecule has 0 saturated carbocycles. The lowest BCUT2D eigenvalue weighted by Crippen LogP contribution is -2.55. The van der Waals surface area contributed by atoms with Gasteiger partial charge in [0.1, 0.15) is 11.7 Å². The van der Waals surface area contributed by atoms with Gasteiger partial charge in [0, 0.05) is 36.8 Å². The lowest BCUT2D eigenvalue weighted by molar-refractivity contribution is -0.150. The summed E-state index contributed by atoms with van der Waals surface area (Å²) in [4.78, 5) is 57.2. The molecule has 1 saturated heterocycles. The van der Waals surface area contributed by atoms with E-state index in [2.05, 4.69) is 20.8 Å². The Labute approximate surface area is 188 Å². The van der Waals surface area contributed by atoms with Crippen molar-refractivity contribution in [1.29, 1.82) is 0 Å². The van der Waals surface area contributed by atoms with Crippen LogP contribution in [0, 0.1) is 0 Å². The van der Waals surface area contributed by atoms with Gasteiger partial charge >= 0.3 is 0 Å². The average Bonchev–Trinajstić information content (AvgIpc) is 3.38. The molecule has 1 aromatic heterocycles. The zero-order valence-corrected chi connectivity index (χ0v) is 18.0. The highest BCUT2D eigenvalue weighted by molar-refractivity contribution is 6.21. The third-order valence-corrected chi connectivity index (χ3v) is 6.08. The van der Waals surface area contributed by atoms with Gasteiger partial charge in [0.15, 0.2) is 0 Å². The smallest absolute Gasteiger partial charge is 0.278 e. The third kappa shape index (κ3) is 3.65. The predicted octanol–water partition coefficient (Wildman–Crippen LogP) is 0.802. The molecule has 33 heavy (non-hydrogen) atoms. The number of nitrogens with one attached hydrogen (secondary N) is 2. The Kier molecular flexibility index (Phi) is 5.15. The van der Waals surface area contributed by atoms with E-state index in [1.54, 1.807) is 4.90 Å². The summed E-state index contributed by atoms with van der Waals surface area (Å²) in [5.41, 5.74) is 2.35. The van der Waals surface area contributed by atoms with Crippen LogP contribution in [0.2, 0.25) is 0 Å². The summed E-state index contributed by atoms with van der Waals surface area (Å²) in [6.45, 7) is 0.702. The van der Waals surface area contributed by atoms with E-state index in [1.165, 1.54) is 0 Å². The highest BCUT2D eigenvalue weighted by Crippen LogP contribution is 2.34. The quantitative estimate of drug-likeness (QED) is 0.634. The minimum atomic E-state index is -0.982. The molecule has 3 aliphatic heterocycles. The summed E-state index contributed by atoms with van der Waals surface area (Å²) >= 11 is 0. The van der Waals surface area contributed by atoms with Crippen LogP contribution < -0.4 is 10.6 Å². The van der Waals surface area contributed by atoms with Gasteiger partial charge in [0.05, 0.1) is 6.54 Å². The first-order valence-corrected chi connectivity index (χ1v) is 10.8. The predicted molar refractivity (Wildman–Crippen MR) is 114 cm³/mol. The highest BCUT2D eigenvalue weighted by Gasteiger charge is 2.48. The van der Waals surface area contributed by atoms with Crippen molar-refractivity contribution in [3.05, 3.63) is 41.4 Å². The zero-order chi connectivity index (χ0) is 23.1. The Bertz CT molecular complexity index is 1200. The molecule has 0 aliphatic carbocycles. The third-order valence-electron chi connectivity index (χ3n) is 6.08. The van der Waals surface area contributed by atoms with E-state index in [0.29, 0.717) is 36.7 Å². The summed E-state index contributed by atoms with van der Waals surface area (Å²) in [5.74, 6) is -1.28. The molecule has 1 unspecified atom stereocenters. The van der Waals surface area contributed by atoms with Gasteiger partial charge in [0.25, 0.3) is 11.8 Å². The molecule has 2 N–H and O–H groups in total.